The van der Waals surface area contributed by atoms with Crippen molar-refractivity contribution in [2.75, 3.05) is 27.4 Å². The third kappa shape index (κ3) is 13.2. The molecule has 65 heavy (non-hydrogen) atoms. The highest BCUT2D eigenvalue weighted by Crippen LogP contribution is 2.39. The molecule has 0 aromatic heterocycles. The number of methoxy groups -OCH3 is 2. The van der Waals surface area contributed by atoms with Gasteiger partial charge in [0.15, 0.2) is 0 Å². The molecule has 3 aliphatic heterocycles. The number of rotatable bonds is 9. The Balaban J connectivity index is 1.43. The van der Waals surface area contributed by atoms with Gasteiger partial charge in [-0.2, -0.15) is 0 Å². The van der Waals surface area contributed by atoms with Gasteiger partial charge in [-0.05, 0) is 113 Å². The van der Waals surface area contributed by atoms with E-state index in [2.05, 4.69) is 0 Å². The number of hydrogen-bond acceptors (Lipinski definition) is 13. The number of carbonyl (C=O) groups excluding carboxylic acids is 4. The number of piperidine rings is 1. The summed E-state index contributed by atoms with van der Waals surface area (Å²) in [6, 6.07) is 5.70. The van der Waals surface area contributed by atoms with E-state index in [-0.39, 0.29) is 55.8 Å². The van der Waals surface area contributed by atoms with Crippen LogP contribution in [0, 0.1) is 29.6 Å². The number of aromatic hydroxyl groups is 1. The molecule has 4 N–H and O–H groups in total. The van der Waals surface area contributed by atoms with E-state index in [1.165, 1.54) is 19.1 Å². The summed E-state index contributed by atoms with van der Waals surface area (Å²) in [6.07, 6.45) is 6.65. The second-order valence-corrected chi connectivity index (χ2v) is 19.3. The van der Waals surface area contributed by atoms with E-state index in [9.17, 15) is 39.6 Å². The summed E-state index contributed by atoms with van der Waals surface area (Å²) in [6.45, 7) is 11.5. The Morgan fingerprint density at radius 3 is 2.34 bits per heavy atom. The smallest absolute Gasteiger partial charge is 0.329 e. The number of Topliss-reactive ketones (excluding diaryl/α,β-unsaturated/α-hetero) is 2. The van der Waals surface area contributed by atoms with Gasteiger partial charge in [-0.1, -0.05) is 69.7 Å². The highest BCUT2D eigenvalue weighted by molar-refractivity contribution is 6.39. The molecular formula is C51H75NO13. The molecule has 0 spiro atoms. The lowest BCUT2D eigenvalue weighted by atomic mass is 9.81. The Morgan fingerprint density at radius 1 is 0.938 bits per heavy atom. The molecule has 14 nitrogen and oxygen atoms in total. The maximum atomic E-state index is 14.4. The lowest BCUT2D eigenvalue weighted by Gasteiger charge is -2.47. The first-order chi connectivity index (χ1) is 30.9. The van der Waals surface area contributed by atoms with Crippen LogP contribution in [0.1, 0.15) is 118 Å². The number of allylic oxidation sites excluding steroid dienone is 3. The molecular weight excluding hydrogens is 835 g/mol. The summed E-state index contributed by atoms with van der Waals surface area (Å²) in [5.41, 5.74) is 2.43. The fraction of sp³-hybridized carbons (Fsp3) is 0.686. The van der Waals surface area contributed by atoms with Crippen LogP contribution in [0.25, 0.3) is 6.08 Å². The van der Waals surface area contributed by atoms with Crippen LogP contribution in [-0.4, -0.2) is 131 Å². The van der Waals surface area contributed by atoms with Gasteiger partial charge < -0.3 is 49.0 Å². The van der Waals surface area contributed by atoms with Gasteiger partial charge in [0.1, 0.15) is 29.8 Å². The van der Waals surface area contributed by atoms with E-state index >= 15 is 0 Å². The van der Waals surface area contributed by atoms with E-state index in [0.29, 0.717) is 56.9 Å². The Bertz CT molecular complexity index is 1880. The van der Waals surface area contributed by atoms with Crippen molar-refractivity contribution < 1.29 is 63.3 Å². The first kappa shape index (κ1) is 52.2. The Morgan fingerprint density at radius 2 is 1.66 bits per heavy atom. The average molecular weight is 910 g/mol. The van der Waals surface area contributed by atoms with Gasteiger partial charge in [-0.3, -0.25) is 14.4 Å². The second-order valence-electron chi connectivity index (χ2n) is 19.3. The predicted molar refractivity (Wildman–Crippen MR) is 244 cm³/mol. The number of cyclic esters (lactones) is 1. The van der Waals surface area contributed by atoms with Crippen LogP contribution in [-0.2, 0) is 42.9 Å². The van der Waals surface area contributed by atoms with Crippen LogP contribution < -0.4 is 0 Å². The molecule has 1 amide bonds. The minimum absolute atomic E-state index is 0.0184. The van der Waals surface area contributed by atoms with Crippen LogP contribution in [0.5, 0.6) is 5.75 Å². The summed E-state index contributed by atoms with van der Waals surface area (Å²) in [7, 11) is 3.06. The third-order valence-electron chi connectivity index (χ3n) is 14.2. The number of aliphatic hydroxyl groups excluding tert-OH is 2. The van der Waals surface area contributed by atoms with E-state index < -0.39 is 90.0 Å². The summed E-state index contributed by atoms with van der Waals surface area (Å²) >= 11 is 0. The van der Waals surface area contributed by atoms with Gasteiger partial charge >= 0.3 is 5.97 Å². The molecule has 362 valence electrons. The van der Waals surface area contributed by atoms with Gasteiger partial charge in [-0.25, -0.2) is 4.79 Å². The maximum Gasteiger partial charge on any atom is 0.329 e. The topological polar surface area (TPSA) is 199 Å². The zero-order valence-electron chi connectivity index (χ0n) is 39.7. The fourth-order valence-corrected chi connectivity index (χ4v) is 10.3. The standard InChI is InChI=1S/C51H75NO13/c1-9-37-23-30(2)22-31(3)24-44(61-7)47-45(62-8)26-33(5)51(60,65-47)48(57)49(58)52-20-11-10-17-39(52)50(59)64-46(34(6)40(54)29-41(37)55)32(4)25-36-18-19-43(42(56)28-36)63-21-13-15-35-14-12-16-38(53)27-35/h12-16,23,25,27,31,33-34,36-37,39-40,42-47,53-54,56,60H,9-11,17-22,24,26,28-29H2,1-8H3. The molecule has 14 heteroatoms. The molecule has 3 fully saturated rings. The summed E-state index contributed by atoms with van der Waals surface area (Å²) in [5, 5.41) is 44.8. The number of carbonyl (C=O) groups is 4. The number of hydrogen-bond donors (Lipinski definition) is 4. The molecule has 4 aliphatic rings. The van der Waals surface area contributed by atoms with Crippen molar-refractivity contribution in [3.05, 3.63) is 59.2 Å². The van der Waals surface area contributed by atoms with Crippen molar-refractivity contribution in [3.63, 3.8) is 0 Å². The van der Waals surface area contributed by atoms with Gasteiger partial charge in [-0.15, -0.1) is 0 Å². The van der Waals surface area contributed by atoms with Gasteiger partial charge in [0.2, 0.25) is 5.79 Å². The van der Waals surface area contributed by atoms with E-state index in [1.54, 1.807) is 39.0 Å². The molecule has 2 saturated heterocycles. The summed E-state index contributed by atoms with van der Waals surface area (Å²) in [4.78, 5) is 58.2. The van der Waals surface area contributed by atoms with Crippen molar-refractivity contribution in [2.24, 2.45) is 29.6 Å². The molecule has 14 unspecified atom stereocenters. The number of phenols is 1. The van der Waals surface area contributed by atoms with E-state index in [0.717, 1.165) is 11.1 Å². The van der Waals surface area contributed by atoms with Gasteiger partial charge in [0, 0.05) is 44.9 Å². The molecule has 2 bridgehead atoms. The number of benzene rings is 1. The van der Waals surface area contributed by atoms with Crippen molar-refractivity contribution in [2.45, 2.75) is 167 Å². The predicted octanol–water partition coefficient (Wildman–Crippen LogP) is 6.26. The molecule has 1 aromatic rings. The zero-order valence-corrected chi connectivity index (χ0v) is 39.7. The van der Waals surface area contributed by atoms with Crippen LogP contribution in [0.15, 0.2) is 53.6 Å². The molecule has 1 saturated carbocycles. The lowest BCUT2D eigenvalue weighted by Crippen LogP contribution is -2.64. The summed E-state index contributed by atoms with van der Waals surface area (Å²) < 4.78 is 30.3. The SMILES string of the molecule is CCC1C=C(C)CC(C)CC(OC)C2OC(O)(C(=O)C(=O)N3CCCCC3C(=O)OC(C(C)=CC3CCC(OCC=Cc4cccc(O)c4)C(O)C3)C(C)C(O)CC1=O)C(C)CC2OC. The van der Waals surface area contributed by atoms with Gasteiger partial charge in [0.25, 0.3) is 11.7 Å². The molecule has 1 aromatic carbocycles. The second kappa shape index (κ2) is 23.8. The quantitative estimate of drug-likeness (QED) is 0.123. The number of ketones is 2. The Hall–Kier alpha value is -3.76. The number of aliphatic hydroxyl groups is 3. The number of esters is 1. The molecule has 5 rings (SSSR count). The Kier molecular flexibility index (Phi) is 19.1. The largest absolute Gasteiger partial charge is 0.508 e. The summed E-state index contributed by atoms with van der Waals surface area (Å²) in [5.74, 6) is -7.66. The Labute approximate surface area is 385 Å². The molecule has 1 aliphatic carbocycles. The first-order valence-corrected chi connectivity index (χ1v) is 23.7. The molecule has 3 heterocycles. The van der Waals surface area contributed by atoms with Crippen molar-refractivity contribution >= 4 is 29.5 Å². The van der Waals surface area contributed by atoms with Gasteiger partial charge in [0.05, 0.1) is 37.1 Å². The number of phenolic OH excluding ortho intramolecular Hbond substituents is 1. The van der Waals surface area contributed by atoms with E-state index in [4.69, 9.17) is 23.7 Å². The fourth-order valence-electron chi connectivity index (χ4n) is 10.3. The monoisotopic (exact) mass is 910 g/mol. The first-order valence-electron chi connectivity index (χ1n) is 23.7. The zero-order chi connectivity index (χ0) is 47.6. The number of fused-ring (bicyclic) bond motifs is 3. The van der Waals surface area contributed by atoms with Crippen LogP contribution >= 0.6 is 0 Å². The van der Waals surface area contributed by atoms with Crippen LogP contribution in [0.2, 0.25) is 0 Å². The highest BCUT2D eigenvalue weighted by Gasteiger charge is 2.56. The van der Waals surface area contributed by atoms with Crippen LogP contribution in [0.3, 0.4) is 0 Å². The van der Waals surface area contributed by atoms with Crippen molar-refractivity contribution in [3.8, 4) is 5.75 Å². The lowest BCUT2D eigenvalue weighted by molar-refractivity contribution is -0.302. The highest BCUT2D eigenvalue weighted by atomic mass is 16.7. The normalized spacial score (nSPS) is 36.7. The minimum Gasteiger partial charge on any atom is -0.508 e. The minimum atomic E-state index is -2.52. The number of nitrogens with zero attached hydrogens (tertiary/aromatic N) is 1. The third-order valence-corrected chi connectivity index (χ3v) is 14.2. The number of amides is 1. The average Bonchev–Trinajstić information content (AvgIpc) is 3.28. The number of ether oxygens (including phenoxy) is 5. The van der Waals surface area contributed by atoms with E-state index in [1.807, 2.05) is 51.1 Å². The van der Waals surface area contributed by atoms with Crippen LogP contribution in [0.4, 0.5) is 0 Å². The maximum absolute atomic E-state index is 14.4. The molecule has 0 radical (unpaired) electrons. The van der Waals surface area contributed by atoms with Crippen molar-refractivity contribution in [1.29, 1.82) is 0 Å². The van der Waals surface area contributed by atoms with Crippen molar-refractivity contribution in [1.82, 2.24) is 4.90 Å². The molecule has 14 atom stereocenters.